The molecule has 94 valence electrons. The van der Waals surface area contributed by atoms with Crippen molar-refractivity contribution >= 4 is 11.8 Å². The van der Waals surface area contributed by atoms with Crippen molar-refractivity contribution < 1.29 is 9.59 Å². The molecule has 0 fully saturated rings. The number of nitrogens with zero attached hydrogens (tertiary/aromatic N) is 1. The minimum Gasteiger partial charge on any atom is -0.355 e. The Hall–Kier alpha value is -1.10. The molecule has 0 aliphatic carbocycles. The van der Waals surface area contributed by atoms with Gasteiger partial charge in [-0.05, 0) is 6.42 Å². The van der Waals surface area contributed by atoms with E-state index >= 15 is 0 Å². The van der Waals surface area contributed by atoms with E-state index in [4.69, 9.17) is 0 Å². The third-order valence-electron chi connectivity index (χ3n) is 2.04. The van der Waals surface area contributed by atoms with Gasteiger partial charge in [0.15, 0.2) is 0 Å². The van der Waals surface area contributed by atoms with Crippen molar-refractivity contribution in [1.29, 1.82) is 0 Å². The zero-order valence-corrected chi connectivity index (χ0v) is 10.7. The van der Waals surface area contributed by atoms with E-state index in [1.54, 1.807) is 7.05 Å². The maximum absolute atomic E-state index is 11.5. The minimum atomic E-state index is -0.109. The molecule has 0 saturated carbocycles. The number of carbonyl (C=O) groups is 2. The van der Waals surface area contributed by atoms with Crippen LogP contribution in [0, 0.1) is 0 Å². The highest BCUT2D eigenvalue weighted by Crippen LogP contribution is 1.86. The summed E-state index contributed by atoms with van der Waals surface area (Å²) in [7, 11) is 1.63. The van der Waals surface area contributed by atoms with E-state index in [1.807, 2.05) is 20.8 Å². The SMILES string of the molecule is CCCNC(=O)CN(C)C(=O)CNC(C)C. The van der Waals surface area contributed by atoms with Crippen LogP contribution in [-0.2, 0) is 9.59 Å². The molecule has 2 amide bonds. The molecule has 0 bridgehead atoms. The highest BCUT2D eigenvalue weighted by Gasteiger charge is 2.12. The number of likely N-dealkylation sites (N-methyl/N-ethyl adjacent to an activating group) is 1. The van der Waals surface area contributed by atoms with Crippen molar-refractivity contribution in [1.82, 2.24) is 15.5 Å². The van der Waals surface area contributed by atoms with Crippen LogP contribution < -0.4 is 10.6 Å². The highest BCUT2D eigenvalue weighted by atomic mass is 16.2. The lowest BCUT2D eigenvalue weighted by molar-refractivity contribution is -0.134. The molecular weight excluding hydrogens is 206 g/mol. The largest absolute Gasteiger partial charge is 0.355 e. The average Bonchev–Trinajstić information content (AvgIpc) is 2.22. The fraction of sp³-hybridized carbons (Fsp3) is 0.818. The Morgan fingerprint density at radius 3 is 2.44 bits per heavy atom. The lowest BCUT2D eigenvalue weighted by Gasteiger charge is -2.17. The molecular formula is C11H23N3O2. The molecule has 0 aliphatic heterocycles. The number of hydrogen-bond donors (Lipinski definition) is 2. The van der Waals surface area contributed by atoms with Crippen molar-refractivity contribution in [2.75, 3.05) is 26.7 Å². The maximum Gasteiger partial charge on any atom is 0.239 e. The fourth-order valence-corrected chi connectivity index (χ4v) is 1.05. The molecule has 0 aromatic heterocycles. The first kappa shape index (κ1) is 14.9. The summed E-state index contributed by atoms with van der Waals surface area (Å²) in [5.74, 6) is -0.178. The highest BCUT2D eigenvalue weighted by molar-refractivity contribution is 5.85. The number of carbonyl (C=O) groups excluding carboxylic acids is 2. The second kappa shape index (κ2) is 8.10. The lowest BCUT2D eigenvalue weighted by Crippen LogP contribution is -2.43. The second-order valence-electron chi connectivity index (χ2n) is 4.14. The Morgan fingerprint density at radius 1 is 1.31 bits per heavy atom. The van der Waals surface area contributed by atoms with Gasteiger partial charge >= 0.3 is 0 Å². The second-order valence-corrected chi connectivity index (χ2v) is 4.14. The van der Waals surface area contributed by atoms with Crippen LogP contribution in [0.4, 0.5) is 0 Å². The predicted octanol–water partition coefficient (Wildman–Crippen LogP) is -0.0310. The Labute approximate surface area is 97.6 Å². The third-order valence-corrected chi connectivity index (χ3v) is 2.04. The Kier molecular flexibility index (Phi) is 7.54. The molecule has 0 radical (unpaired) electrons. The van der Waals surface area contributed by atoms with Gasteiger partial charge in [0.05, 0.1) is 13.1 Å². The fourth-order valence-electron chi connectivity index (χ4n) is 1.05. The van der Waals surface area contributed by atoms with Crippen molar-refractivity contribution in [2.24, 2.45) is 0 Å². The van der Waals surface area contributed by atoms with Crippen molar-refractivity contribution in [3.05, 3.63) is 0 Å². The molecule has 2 N–H and O–H groups in total. The Bertz CT molecular complexity index is 229. The summed E-state index contributed by atoms with van der Waals surface area (Å²) in [5.41, 5.74) is 0. The van der Waals surface area contributed by atoms with Crippen LogP contribution in [0.15, 0.2) is 0 Å². The molecule has 5 heteroatoms. The monoisotopic (exact) mass is 229 g/mol. The van der Waals surface area contributed by atoms with Crippen LogP contribution in [0.2, 0.25) is 0 Å². The van der Waals surface area contributed by atoms with Gasteiger partial charge in [-0.3, -0.25) is 9.59 Å². The molecule has 0 unspecified atom stereocenters. The van der Waals surface area contributed by atoms with Gasteiger partial charge in [0.2, 0.25) is 11.8 Å². The molecule has 0 aliphatic rings. The average molecular weight is 229 g/mol. The van der Waals surface area contributed by atoms with E-state index in [0.717, 1.165) is 6.42 Å². The van der Waals surface area contributed by atoms with E-state index in [-0.39, 0.29) is 30.9 Å². The smallest absolute Gasteiger partial charge is 0.239 e. The molecule has 0 atom stereocenters. The van der Waals surface area contributed by atoms with Crippen LogP contribution in [-0.4, -0.2) is 49.4 Å². The van der Waals surface area contributed by atoms with Crippen LogP contribution >= 0.6 is 0 Å². The number of rotatable bonds is 7. The van der Waals surface area contributed by atoms with E-state index in [2.05, 4.69) is 10.6 Å². The first-order valence-corrected chi connectivity index (χ1v) is 5.71. The summed E-state index contributed by atoms with van der Waals surface area (Å²) in [6.07, 6.45) is 0.901. The Morgan fingerprint density at radius 2 is 1.94 bits per heavy atom. The van der Waals surface area contributed by atoms with Crippen molar-refractivity contribution in [3.63, 3.8) is 0 Å². The molecule has 0 rings (SSSR count). The first-order chi connectivity index (χ1) is 7.47. The Balaban J connectivity index is 3.81. The molecule has 0 saturated heterocycles. The third kappa shape index (κ3) is 7.23. The van der Waals surface area contributed by atoms with Crippen LogP contribution in [0.5, 0.6) is 0 Å². The molecule has 0 aromatic carbocycles. The van der Waals surface area contributed by atoms with Gasteiger partial charge in [-0.2, -0.15) is 0 Å². The van der Waals surface area contributed by atoms with Gasteiger partial charge in [0.1, 0.15) is 0 Å². The molecule has 0 heterocycles. The van der Waals surface area contributed by atoms with Gasteiger partial charge in [-0.15, -0.1) is 0 Å². The summed E-state index contributed by atoms with van der Waals surface area (Å²) in [6, 6.07) is 0.270. The summed E-state index contributed by atoms with van der Waals surface area (Å²) in [5, 5.41) is 5.75. The van der Waals surface area contributed by atoms with Gasteiger partial charge in [0, 0.05) is 19.6 Å². The predicted molar refractivity (Wildman–Crippen MR) is 64.1 cm³/mol. The number of amides is 2. The van der Waals surface area contributed by atoms with E-state index in [0.29, 0.717) is 6.54 Å². The standard InChI is InChI=1S/C11H23N3O2/c1-5-6-12-10(15)8-14(4)11(16)7-13-9(2)3/h9,13H,5-8H2,1-4H3,(H,12,15). The van der Waals surface area contributed by atoms with Gasteiger partial charge in [0.25, 0.3) is 0 Å². The van der Waals surface area contributed by atoms with Crippen molar-refractivity contribution in [2.45, 2.75) is 33.2 Å². The van der Waals surface area contributed by atoms with E-state index in [9.17, 15) is 9.59 Å². The zero-order valence-electron chi connectivity index (χ0n) is 10.7. The molecule has 0 spiro atoms. The van der Waals surface area contributed by atoms with Crippen LogP contribution in [0.25, 0.3) is 0 Å². The van der Waals surface area contributed by atoms with Gasteiger partial charge in [-0.1, -0.05) is 20.8 Å². The van der Waals surface area contributed by atoms with Gasteiger partial charge < -0.3 is 15.5 Å². The van der Waals surface area contributed by atoms with E-state index in [1.165, 1.54) is 4.90 Å². The van der Waals surface area contributed by atoms with E-state index < -0.39 is 0 Å². The summed E-state index contributed by atoms with van der Waals surface area (Å²) in [6.45, 7) is 6.99. The summed E-state index contributed by atoms with van der Waals surface area (Å²) < 4.78 is 0. The molecule has 16 heavy (non-hydrogen) atoms. The zero-order chi connectivity index (χ0) is 12.6. The molecule has 5 nitrogen and oxygen atoms in total. The topological polar surface area (TPSA) is 61.4 Å². The summed E-state index contributed by atoms with van der Waals surface area (Å²) in [4.78, 5) is 24.3. The summed E-state index contributed by atoms with van der Waals surface area (Å²) >= 11 is 0. The van der Waals surface area contributed by atoms with Crippen LogP contribution in [0.3, 0.4) is 0 Å². The number of nitrogens with one attached hydrogen (secondary N) is 2. The lowest BCUT2D eigenvalue weighted by atomic mass is 10.3. The van der Waals surface area contributed by atoms with Crippen LogP contribution in [0.1, 0.15) is 27.2 Å². The van der Waals surface area contributed by atoms with Crippen molar-refractivity contribution in [3.8, 4) is 0 Å². The minimum absolute atomic E-state index is 0.0691. The quantitative estimate of drug-likeness (QED) is 0.644. The molecule has 0 aromatic rings. The maximum atomic E-state index is 11.5. The normalized spacial score (nSPS) is 10.3. The number of hydrogen-bond acceptors (Lipinski definition) is 3. The first-order valence-electron chi connectivity index (χ1n) is 5.71. The van der Waals surface area contributed by atoms with Gasteiger partial charge in [-0.25, -0.2) is 0 Å².